The van der Waals surface area contributed by atoms with Crippen LogP contribution in [-0.4, -0.2) is 48.2 Å². The van der Waals surface area contributed by atoms with Gasteiger partial charge in [0.2, 0.25) is 10.0 Å². The highest BCUT2D eigenvalue weighted by Crippen LogP contribution is 2.24. The van der Waals surface area contributed by atoms with Crippen molar-refractivity contribution in [3.05, 3.63) is 47.9 Å². The minimum absolute atomic E-state index is 0.102. The first kappa shape index (κ1) is 20.0. The summed E-state index contributed by atoms with van der Waals surface area (Å²) >= 11 is 0. The average Bonchev–Trinajstić information content (AvgIpc) is 3.14. The predicted octanol–water partition coefficient (Wildman–Crippen LogP) is 1.19. The van der Waals surface area contributed by atoms with Gasteiger partial charge < -0.3 is 19.2 Å². The van der Waals surface area contributed by atoms with E-state index in [0.29, 0.717) is 13.0 Å². The Balaban J connectivity index is 2.10. The number of methoxy groups -OCH3 is 2. The number of hydrogen-bond donors (Lipinski definition) is 2. The molecule has 8 nitrogen and oxygen atoms in total. The number of nitrogens with one attached hydrogen (secondary N) is 2. The van der Waals surface area contributed by atoms with Crippen molar-refractivity contribution in [3.8, 4) is 5.75 Å². The lowest BCUT2D eigenvalue weighted by Crippen LogP contribution is -2.29. The lowest BCUT2D eigenvalue weighted by molar-refractivity contribution is 0.0953. The van der Waals surface area contributed by atoms with Crippen LogP contribution in [0.25, 0.3) is 0 Å². The summed E-state index contributed by atoms with van der Waals surface area (Å²) in [6, 6.07) is 7.84. The van der Waals surface area contributed by atoms with Crippen molar-refractivity contribution >= 4 is 15.9 Å². The van der Waals surface area contributed by atoms with Crippen LogP contribution in [0.5, 0.6) is 5.75 Å². The van der Waals surface area contributed by atoms with Crippen LogP contribution in [0.3, 0.4) is 0 Å². The van der Waals surface area contributed by atoms with Crippen molar-refractivity contribution in [1.29, 1.82) is 0 Å². The number of amides is 1. The van der Waals surface area contributed by atoms with Gasteiger partial charge in [0.15, 0.2) is 0 Å². The number of benzene rings is 1. The van der Waals surface area contributed by atoms with Crippen molar-refractivity contribution in [2.45, 2.75) is 11.3 Å². The summed E-state index contributed by atoms with van der Waals surface area (Å²) in [6.45, 7) is 0.711. The molecular formula is C17H22N2O6S. The van der Waals surface area contributed by atoms with Gasteiger partial charge in [-0.05, 0) is 30.3 Å². The number of furan rings is 1. The molecule has 2 rings (SSSR count). The summed E-state index contributed by atoms with van der Waals surface area (Å²) in [4.78, 5) is 12.2. The second-order valence-corrected chi connectivity index (χ2v) is 7.08. The fraction of sp³-hybridized carbons (Fsp3) is 0.353. The molecule has 0 aliphatic carbocycles. The molecule has 1 amide bonds. The maximum Gasteiger partial charge on any atom is 0.251 e. The zero-order chi connectivity index (χ0) is 19.0. The highest BCUT2D eigenvalue weighted by atomic mass is 32.2. The summed E-state index contributed by atoms with van der Waals surface area (Å²) in [7, 11) is -0.995. The van der Waals surface area contributed by atoms with Gasteiger partial charge in [-0.2, -0.15) is 0 Å². The monoisotopic (exact) mass is 382 g/mol. The van der Waals surface area contributed by atoms with E-state index in [0.717, 1.165) is 5.76 Å². The highest BCUT2D eigenvalue weighted by Gasteiger charge is 2.21. The van der Waals surface area contributed by atoms with Crippen LogP contribution in [0.4, 0.5) is 0 Å². The van der Waals surface area contributed by atoms with Gasteiger partial charge in [-0.15, -0.1) is 0 Å². The SMILES string of the molecule is COCCNS(=O)(=O)c1cc(C(=O)NCCc2ccco2)ccc1OC. The molecule has 0 aliphatic heterocycles. The van der Waals surface area contributed by atoms with Crippen LogP contribution in [0.2, 0.25) is 0 Å². The Morgan fingerprint density at radius 2 is 2.00 bits per heavy atom. The lowest BCUT2D eigenvalue weighted by Gasteiger charge is -2.12. The van der Waals surface area contributed by atoms with Crippen LogP contribution >= 0.6 is 0 Å². The summed E-state index contributed by atoms with van der Waals surface area (Å²) < 4.78 is 42.4. The number of hydrogen-bond acceptors (Lipinski definition) is 6. The molecule has 0 spiro atoms. The quantitative estimate of drug-likeness (QED) is 0.598. The van der Waals surface area contributed by atoms with Crippen molar-refractivity contribution in [2.24, 2.45) is 0 Å². The Morgan fingerprint density at radius 1 is 1.19 bits per heavy atom. The number of carbonyl (C=O) groups is 1. The molecule has 1 aromatic carbocycles. The molecule has 26 heavy (non-hydrogen) atoms. The molecule has 0 aliphatic rings. The summed E-state index contributed by atoms with van der Waals surface area (Å²) in [5.41, 5.74) is 0.220. The van der Waals surface area contributed by atoms with Crippen LogP contribution in [0, 0.1) is 0 Å². The van der Waals surface area contributed by atoms with Gasteiger partial charge in [-0.25, -0.2) is 13.1 Å². The zero-order valence-electron chi connectivity index (χ0n) is 14.7. The van der Waals surface area contributed by atoms with Crippen LogP contribution < -0.4 is 14.8 Å². The first-order valence-electron chi connectivity index (χ1n) is 7.95. The van der Waals surface area contributed by atoms with E-state index in [9.17, 15) is 13.2 Å². The molecule has 1 aromatic heterocycles. The van der Waals surface area contributed by atoms with Gasteiger partial charge in [-0.3, -0.25) is 4.79 Å². The van der Waals surface area contributed by atoms with E-state index < -0.39 is 10.0 Å². The molecule has 9 heteroatoms. The molecule has 142 valence electrons. The predicted molar refractivity (Wildman–Crippen MR) is 94.8 cm³/mol. The van der Waals surface area contributed by atoms with Gasteiger partial charge in [0.05, 0.1) is 20.0 Å². The summed E-state index contributed by atoms with van der Waals surface area (Å²) in [5.74, 6) is 0.528. The minimum atomic E-state index is -3.84. The number of rotatable bonds is 10. The van der Waals surface area contributed by atoms with E-state index in [1.54, 1.807) is 12.3 Å². The largest absolute Gasteiger partial charge is 0.495 e. The maximum atomic E-state index is 12.4. The van der Waals surface area contributed by atoms with Gasteiger partial charge in [-0.1, -0.05) is 0 Å². The molecule has 2 N–H and O–H groups in total. The molecule has 0 saturated heterocycles. The molecule has 0 fully saturated rings. The second kappa shape index (κ2) is 9.37. The van der Waals surface area contributed by atoms with E-state index in [4.69, 9.17) is 13.9 Å². The zero-order valence-corrected chi connectivity index (χ0v) is 15.5. The molecule has 0 saturated carbocycles. The average molecular weight is 382 g/mol. The third-order valence-electron chi connectivity index (χ3n) is 3.55. The lowest BCUT2D eigenvalue weighted by atomic mass is 10.2. The minimum Gasteiger partial charge on any atom is -0.495 e. The molecule has 0 bridgehead atoms. The number of ether oxygens (including phenoxy) is 2. The second-order valence-electron chi connectivity index (χ2n) is 5.34. The molecule has 0 unspecified atom stereocenters. The van der Waals surface area contributed by atoms with Gasteiger partial charge in [0.1, 0.15) is 16.4 Å². The smallest absolute Gasteiger partial charge is 0.251 e. The van der Waals surface area contributed by atoms with E-state index in [1.807, 2.05) is 6.07 Å². The Labute approximate surface area is 152 Å². The van der Waals surface area contributed by atoms with Gasteiger partial charge >= 0.3 is 0 Å². The summed E-state index contributed by atoms with van der Waals surface area (Å²) in [5, 5.41) is 2.73. The standard InChI is InChI=1S/C17H22N2O6S/c1-23-11-9-19-26(21,22)16-12-13(5-6-15(16)24-2)17(20)18-8-7-14-4-3-10-25-14/h3-6,10,12,19H,7-9,11H2,1-2H3,(H,18,20). The van der Waals surface area contributed by atoms with Crippen LogP contribution in [0.15, 0.2) is 45.9 Å². The number of sulfonamides is 1. The van der Waals surface area contributed by atoms with E-state index in [1.165, 1.54) is 32.4 Å². The molecule has 1 heterocycles. The molecule has 0 atom stereocenters. The Morgan fingerprint density at radius 3 is 2.65 bits per heavy atom. The van der Waals surface area contributed by atoms with E-state index >= 15 is 0 Å². The fourth-order valence-corrected chi connectivity index (χ4v) is 3.45. The first-order chi connectivity index (χ1) is 12.5. The Hall–Kier alpha value is -2.36. The molecule has 0 radical (unpaired) electrons. The van der Waals surface area contributed by atoms with Crippen LogP contribution in [-0.2, 0) is 21.2 Å². The summed E-state index contributed by atoms with van der Waals surface area (Å²) in [6.07, 6.45) is 2.10. The molecule has 2 aromatic rings. The topological polar surface area (TPSA) is 107 Å². The third kappa shape index (κ3) is 5.32. The van der Waals surface area contributed by atoms with E-state index in [2.05, 4.69) is 10.0 Å². The first-order valence-corrected chi connectivity index (χ1v) is 9.43. The highest BCUT2D eigenvalue weighted by molar-refractivity contribution is 7.89. The van der Waals surface area contributed by atoms with Crippen LogP contribution in [0.1, 0.15) is 16.1 Å². The van der Waals surface area contributed by atoms with Gasteiger partial charge in [0, 0.05) is 32.2 Å². The Kier molecular flexibility index (Phi) is 7.19. The molecular weight excluding hydrogens is 360 g/mol. The number of carbonyl (C=O) groups excluding carboxylic acids is 1. The van der Waals surface area contributed by atoms with Crippen molar-refractivity contribution < 1.29 is 27.1 Å². The maximum absolute atomic E-state index is 12.4. The van der Waals surface area contributed by atoms with Crippen molar-refractivity contribution in [1.82, 2.24) is 10.0 Å². The van der Waals surface area contributed by atoms with Crippen molar-refractivity contribution in [3.63, 3.8) is 0 Å². The third-order valence-corrected chi connectivity index (χ3v) is 5.03. The van der Waals surface area contributed by atoms with E-state index in [-0.39, 0.29) is 35.3 Å². The van der Waals surface area contributed by atoms with Gasteiger partial charge in [0.25, 0.3) is 5.91 Å². The fourth-order valence-electron chi connectivity index (χ4n) is 2.24. The van der Waals surface area contributed by atoms with Crippen molar-refractivity contribution in [2.75, 3.05) is 33.9 Å². The Bertz CT molecular complexity index is 818. The normalized spacial score (nSPS) is 11.3.